The predicted octanol–water partition coefficient (Wildman–Crippen LogP) is 4.39. The van der Waals surface area contributed by atoms with Crippen LogP contribution >= 0.6 is 23.4 Å². The lowest BCUT2D eigenvalue weighted by molar-refractivity contribution is 0.817. The van der Waals surface area contributed by atoms with Gasteiger partial charge in [-0.2, -0.15) is 0 Å². The molecule has 3 heteroatoms. The van der Waals surface area contributed by atoms with Gasteiger partial charge in [-0.1, -0.05) is 30.5 Å². The molecule has 1 aliphatic rings. The Morgan fingerprint density at radius 3 is 2.62 bits per heavy atom. The van der Waals surface area contributed by atoms with Gasteiger partial charge in [0.25, 0.3) is 0 Å². The fraction of sp³-hybridized carbons (Fsp3) is 0.538. The van der Waals surface area contributed by atoms with Crippen molar-refractivity contribution in [3.05, 3.63) is 28.8 Å². The molecule has 0 amide bonds. The van der Waals surface area contributed by atoms with Gasteiger partial charge in [0, 0.05) is 21.2 Å². The third-order valence-electron chi connectivity index (χ3n) is 3.07. The molecule has 2 rings (SSSR count). The van der Waals surface area contributed by atoms with Gasteiger partial charge in [-0.3, -0.25) is 0 Å². The molecule has 0 saturated heterocycles. The highest BCUT2D eigenvalue weighted by Gasteiger charge is 2.16. The van der Waals surface area contributed by atoms with E-state index in [2.05, 4.69) is 18.2 Å². The Morgan fingerprint density at radius 1 is 1.38 bits per heavy atom. The van der Waals surface area contributed by atoms with Crippen molar-refractivity contribution >= 4 is 23.4 Å². The molecule has 16 heavy (non-hydrogen) atoms. The molecule has 1 unspecified atom stereocenters. The van der Waals surface area contributed by atoms with E-state index in [1.807, 2.05) is 18.7 Å². The van der Waals surface area contributed by atoms with Gasteiger partial charge in [0.1, 0.15) is 0 Å². The summed E-state index contributed by atoms with van der Waals surface area (Å²) in [5, 5.41) is 1.59. The second kappa shape index (κ2) is 5.44. The normalized spacial score (nSPS) is 18.9. The van der Waals surface area contributed by atoms with Crippen LogP contribution in [0, 0.1) is 0 Å². The number of thioether (sulfide) groups is 1. The second-order valence-electron chi connectivity index (χ2n) is 4.50. The van der Waals surface area contributed by atoms with Crippen LogP contribution in [-0.4, -0.2) is 5.25 Å². The first-order valence-corrected chi connectivity index (χ1v) is 7.14. The molecular formula is C13H18ClNS. The minimum absolute atomic E-state index is 0.0121. The van der Waals surface area contributed by atoms with Crippen molar-refractivity contribution in [3.63, 3.8) is 0 Å². The molecule has 1 nitrogen and oxygen atoms in total. The molecule has 0 bridgehead atoms. The number of nitrogens with two attached hydrogens (primary N) is 1. The van der Waals surface area contributed by atoms with Crippen molar-refractivity contribution in [2.45, 2.75) is 48.8 Å². The summed E-state index contributed by atoms with van der Waals surface area (Å²) in [6.45, 7) is 1.96. The molecule has 0 spiro atoms. The van der Waals surface area contributed by atoms with Crippen LogP contribution in [0.2, 0.25) is 5.02 Å². The second-order valence-corrected chi connectivity index (χ2v) is 6.28. The van der Waals surface area contributed by atoms with Gasteiger partial charge in [0.2, 0.25) is 0 Å². The van der Waals surface area contributed by atoms with E-state index in [0.29, 0.717) is 0 Å². The molecule has 0 aromatic heterocycles. The summed E-state index contributed by atoms with van der Waals surface area (Å²) >= 11 is 8.18. The smallest absolute Gasteiger partial charge is 0.0464 e. The van der Waals surface area contributed by atoms with Gasteiger partial charge in [-0.05, 0) is 37.5 Å². The predicted molar refractivity (Wildman–Crippen MR) is 72.2 cm³/mol. The maximum atomic E-state index is 6.22. The summed E-state index contributed by atoms with van der Waals surface area (Å²) in [5.41, 5.74) is 6.88. The standard InChI is InChI=1S/C13H18ClNS/c1-9(15)12-7-6-11(8-13(12)14)16-10-4-2-3-5-10/h6-10H,2-5,15H2,1H3. The molecule has 1 saturated carbocycles. The Kier molecular flexibility index (Phi) is 4.17. The molecular weight excluding hydrogens is 238 g/mol. The lowest BCUT2D eigenvalue weighted by Crippen LogP contribution is -2.05. The zero-order valence-electron chi connectivity index (χ0n) is 9.58. The first-order valence-electron chi connectivity index (χ1n) is 5.88. The van der Waals surface area contributed by atoms with E-state index in [-0.39, 0.29) is 6.04 Å². The number of benzene rings is 1. The number of hydrogen-bond acceptors (Lipinski definition) is 2. The molecule has 1 aromatic rings. The Bertz CT molecular complexity index is 359. The van der Waals surface area contributed by atoms with E-state index >= 15 is 0 Å². The minimum Gasteiger partial charge on any atom is -0.324 e. The summed E-state index contributed by atoms with van der Waals surface area (Å²) < 4.78 is 0. The van der Waals surface area contributed by atoms with Crippen LogP contribution in [-0.2, 0) is 0 Å². The lowest BCUT2D eigenvalue weighted by atomic mass is 10.1. The van der Waals surface area contributed by atoms with Crippen molar-refractivity contribution in [1.82, 2.24) is 0 Å². The molecule has 0 heterocycles. The third-order valence-corrected chi connectivity index (χ3v) is 4.73. The SMILES string of the molecule is CC(N)c1ccc(SC2CCCC2)cc1Cl. The highest BCUT2D eigenvalue weighted by atomic mass is 35.5. The van der Waals surface area contributed by atoms with Crippen LogP contribution in [0.4, 0.5) is 0 Å². The quantitative estimate of drug-likeness (QED) is 0.867. The van der Waals surface area contributed by atoms with E-state index in [1.54, 1.807) is 0 Å². The van der Waals surface area contributed by atoms with Crippen molar-refractivity contribution in [3.8, 4) is 0 Å². The fourth-order valence-corrected chi connectivity index (χ4v) is 3.85. The van der Waals surface area contributed by atoms with Gasteiger partial charge in [0.15, 0.2) is 0 Å². The zero-order valence-corrected chi connectivity index (χ0v) is 11.2. The minimum atomic E-state index is 0.0121. The number of rotatable bonds is 3. The molecule has 1 aromatic carbocycles. The monoisotopic (exact) mass is 255 g/mol. The highest BCUT2D eigenvalue weighted by Crippen LogP contribution is 2.36. The van der Waals surface area contributed by atoms with E-state index in [4.69, 9.17) is 17.3 Å². The van der Waals surface area contributed by atoms with Crippen LogP contribution in [0.25, 0.3) is 0 Å². The molecule has 0 radical (unpaired) electrons. The summed E-state index contributed by atoms with van der Waals surface area (Å²) in [4.78, 5) is 1.28. The van der Waals surface area contributed by atoms with Crippen LogP contribution in [0.15, 0.2) is 23.1 Å². The number of halogens is 1. The molecule has 88 valence electrons. The Hall–Kier alpha value is -0.180. The van der Waals surface area contributed by atoms with Gasteiger partial charge < -0.3 is 5.73 Å². The summed E-state index contributed by atoms with van der Waals surface area (Å²) in [6.07, 6.45) is 5.45. The van der Waals surface area contributed by atoms with E-state index in [1.165, 1.54) is 30.6 Å². The molecule has 1 aliphatic carbocycles. The van der Waals surface area contributed by atoms with Gasteiger partial charge in [-0.25, -0.2) is 0 Å². The molecule has 1 fully saturated rings. The third kappa shape index (κ3) is 2.93. The van der Waals surface area contributed by atoms with Crippen molar-refractivity contribution < 1.29 is 0 Å². The van der Waals surface area contributed by atoms with Crippen molar-refractivity contribution in [2.75, 3.05) is 0 Å². The largest absolute Gasteiger partial charge is 0.324 e. The molecule has 2 N–H and O–H groups in total. The van der Waals surface area contributed by atoms with Gasteiger partial charge in [-0.15, -0.1) is 11.8 Å². The van der Waals surface area contributed by atoms with Crippen molar-refractivity contribution in [2.24, 2.45) is 5.73 Å². The average molecular weight is 256 g/mol. The maximum absolute atomic E-state index is 6.22. The first kappa shape index (κ1) is 12.3. The van der Waals surface area contributed by atoms with Crippen LogP contribution in [0.3, 0.4) is 0 Å². The summed E-state index contributed by atoms with van der Waals surface area (Å²) in [5.74, 6) is 0. The topological polar surface area (TPSA) is 26.0 Å². The van der Waals surface area contributed by atoms with Crippen LogP contribution in [0.5, 0.6) is 0 Å². The van der Waals surface area contributed by atoms with Crippen LogP contribution in [0.1, 0.15) is 44.2 Å². The van der Waals surface area contributed by atoms with E-state index < -0.39 is 0 Å². The molecule has 1 atom stereocenters. The fourth-order valence-electron chi connectivity index (χ4n) is 2.15. The average Bonchev–Trinajstić information content (AvgIpc) is 2.70. The Labute approximate surface area is 107 Å². The summed E-state index contributed by atoms with van der Waals surface area (Å²) in [6, 6.07) is 6.28. The van der Waals surface area contributed by atoms with Gasteiger partial charge in [0.05, 0.1) is 0 Å². The number of hydrogen-bond donors (Lipinski definition) is 1. The van der Waals surface area contributed by atoms with Crippen LogP contribution < -0.4 is 5.73 Å². The summed E-state index contributed by atoms with van der Waals surface area (Å²) in [7, 11) is 0. The highest BCUT2D eigenvalue weighted by molar-refractivity contribution is 8.00. The molecule has 0 aliphatic heterocycles. The van der Waals surface area contributed by atoms with Gasteiger partial charge >= 0.3 is 0 Å². The lowest BCUT2D eigenvalue weighted by Gasteiger charge is -2.12. The maximum Gasteiger partial charge on any atom is 0.0464 e. The van der Waals surface area contributed by atoms with Crippen molar-refractivity contribution in [1.29, 1.82) is 0 Å². The zero-order chi connectivity index (χ0) is 11.5. The Balaban J connectivity index is 2.08. The van der Waals surface area contributed by atoms with E-state index in [9.17, 15) is 0 Å². The first-order chi connectivity index (χ1) is 7.66. The van der Waals surface area contributed by atoms with E-state index in [0.717, 1.165) is 15.8 Å². The Morgan fingerprint density at radius 2 is 2.06 bits per heavy atom.